The number of hydrogen-bond donors (Lipinski definition) is 1. The highest BCUT2D eigenvalue weighted by atomic mass is 15.1. The minimum atomic E-state index is 0.692. The zero-order valence-electron chi connectivity index (χ0n) is 12.0. The lowest BCUT2D eigenvalue weighted by Crippen LogP contribution is -2.03. The molecule has 0 amide bonds. The third-order valence-corrected chi connectivity index (χ3v) is 3.58. The number of azo groups is 1. The fourth-order valence-electron chi connectivity index (χ4n) is 2.43. The van der Waals surface area contributed by atoms with Gasteiger partial charge in [0.05, 0.1) is 12.7 Å². The number of benzene rings is 2. The highest BCUT2D eigenvalue weighted by Crippen LogP contribution is 2.22. The molecule has 0 aromatic heterocycles. The molecule has 0 fully saturated rings. The van der Waals surface area contributed by atoms with Gasteiger partial charge in [-0.3, -0.25) is 0 Å². The Balaban J connectivity index is 1.50. The molecule has 1 aliphatic rings. The standard InChI is InChI=1S/C18H19N3/c1-2-6-15(7-3-1)8-5-11-19-18-10-4-9-16(12-18)17-13-20-21-14-17/h1-4,6-7,9-10,12-13,19H,5,8,11,14H2. The largest absolute Gasteiger partial charge is 0.385 e. The summed E-state index contributed by atoms with van der Waals surface area (Å²) in [5.74, 6) is 0. The first kappa shape index (κ1) is 13.6. The van der Waals surface area contributed by atoms with Crippen molar-refractivity contribution in [3.63, 3.8) is 0 Å². The average Bonchev–Trinajstić information content (AvgIpc) is 3.07. The number of hydrogen-bond acceptors (Lipinski definition) is 3. The van der Waals surface area contributed by atoms with E-state index in [9.17, 15) is 0 Å². The molecule has 0 spiro atoms. The number of aryl methyl sites for hydroxylation is 1. The Bertz CT molecular complexity index is 645. The zero-order valence-corrected chi connectivity index (χ0v) is 12.0. The van der Waals surface area contributed by atoms with Crippen LogP contribution in [0, 0.1) is 0 Å². The predicted molar refractivity (Wildman–Crippen MR) is 87.4 cm³/mol. The summed E-state index contributed by atoms with van der Waals surface area (Å²) < 4.78 is 0. The van der Waals surface area contributed by atoms with Gasteiger partial charge in [-0.25, -0.2) is 0 Å². The summed E-state index contributed by atoms with van der Waals surface area (Å²) in [5, 5.41) is 11.4. The lowest BCUT2D eigenvalue weighted by Gasteiger charge is -2.08. The number of anilines is 1. The monoisotopic (exact) mass is 277 g/mol. The van der Waals surface area contributed by atoms with Crippen molar-refractivity contribution >= 4 is 11.3 Å². The van der Waals surface area contributed by atoms with Crippen LogP contribution in [0.5, 0.6) is 0 Å². The zero-order chi connectivity index (χ0) is 14.3. The van der Waals surface area contributed by atoms with Crippen LogP contribution in [0.4, 0.5) is 5.69 Å². The Kier molecular flexibility index (Phi) is 4.42. The van der Waals surface area contributed by atoms with Crippen LogP contribution in [-0.4, -0.2) is 13.1 Å². The molecule has 0 saturated heterocycles. The highest BCUT2D eigenvalue weighted by molar-refractivity contribution is 5.70. The molecule has 21 heavy (non-hydrogen) atoms. The van der Waals surface area contributed by atoms with Gasteiger partial charge < -0.3 is 5.32 Å². The van der Waals surface area contributed by atoms with E-state index in [4.69, 9.17) is 0 Å². The van der Waals surface area contributed by atoms with Crippen LogP contribution in [0.3, 0.4) is 0 Å². The maximum Gasteiger partial charge on any atom is 0.0874 e. The number of rotatable bonds is 6. The molecule has 1 aliphatic heterocycles. The molecule has 0 aliphatic carbocycles. The van der Waals surface area contributed by atoms with Gasteiger partial charge in [0, 0.05) is 17.8 Å². The molecule has 0 bridgehead atoms. The van der Waals surface area contributed by atoms with Crippen molar-refractivity contribution in [3.05, 3.63) is 71.9 Å². The molecule has 0 unspecified atom stereocenters. The predicted octanol–water partition coefficient (Wildman–Crippen LogP) is 4.54. The molecule has 2 aromatic carbocycles. The summed E-state index contributed by atoms with van der Waals surface area (Å²) in [5.41, 5.74) is 4.94. The molecule has 106 valence electrons. The average molecular weight is 277 g/mol. The molecule has 0 atom stereocenters. The van der Waals surface area contributed by atoms with Gasteiger partial charge in [-0.1, -0.05) is 42.5 Å². The number of nitrogens with one attached hydrogen (secondary N) is 1. The summed E-state index contributed by atoms with van der Waals surface area (Å²) >= 11 is 0. The Morgan fingerprint density at radius 2 is 1.90 bits per heavy atom. The molecular formula is C18H19N3. The van der Waals surface area contributed by atoms with E-state index in [0.29, 0.717) is 6.54 Å². The highest BCUT2D eigenvalue weighted by Gasteiger charge is 2.05. The van der Waals surface area contributed by atoms with E-state index in [1.54, 1.807) is 0 Å². The Hall–Kier alpha value is -2.42. The lowest BCUT2D eigenvalue weighted by atomic mass is 10.1. The lowest BCUT2D eigenvalue weighted by molar-refractivity contribution is 0.863. The summed E-state index contributed by atoms with van der Waals surface area (Å²) in [6.07, 6.45) is 4.08. The molecular weight excluding hydrogens is 258 g/mol. The van der Waals surface area contributed by atoms with Crippen molar-refractivity contribution < 1.29 is 0 Å². The summed E-state index contributed by atoms with van der Waals surface area (Å²) in [4.78, 5) is 0. The number of nitrogens with zero attached hydrogens (tertiary/aromatic N) is 2. The van der Waals surface area contributed by atoms with Crippen LogP contribution in [0.15, 0.2) is 71.0 Å². The van der Waals surface area contributed by atoms with E-state index in [1.165, 1.54) is 16.7 Å². The van der Waals surface area contributed by atoms with Gasteiger partial charge in [0.1, 0.15) is 0 Å². The smallest absolute Gasteiger partial charge is 0.0874 e. The quantitative estimate of drug-likeness (QED) is 0.773. The second-order valence-corrected chi connectivity index (χ2v) is 5.17. The maximum absolute atomic E-state index is 3.99. The fourth-order valence-corrected chi connectivity index (χ4v) is 2.43. The van der Waals surface area contributed by atoms with Crippen molar-refractivity contribution in [1.29, 1.82) is 0 Å². The van der Waals surface area contributed by atoms with Gasteiger partial charge in [0.25, 0.3) is 0 Å². The molecule has 0 saturated carbocycles. The minimum Gasteiger partial charge on any atom is -0.385 e. The molecule has 1 heterocycles. The minimum absolute atomic E-state index is 0.692. The van der Waals surface area contributed by atoms with Gasteiger partial charge in [-0.05, 0) is 36.1 Å². The molecule has 3 heteroatoms. The van der Waals surface area contributed by atoms with E-state index < -0.39 is 0 Å². The fraction of sp³-hybridized carbons (Fsp3) is 0.222. The topological polar surface area (TPSA) is 36.8 Å². The third kappa shape index (κ3) is 3.78. The van der Waals surface area contributed by atoms with Crippen LogP contribution < -0.4 is 5.32 Å². The van der Waals surface area contributed by atoms with E-state index in [0.717, 1.165) is 25.1 Å². The SMILES string of the molecule is C1=C(c2cccc(NCCCc3ccccc3)c2)CN=N1. The van der Waals surface area contributed by atoms with Gasteiger partial charge in [-0.2, -0.15) is 10.2 Å². The molecule has 1 N–H and O–H groups in total. The van der Waals surface area contributed by atoms with Crippen LogP contribution in [0.2, 0.25) is 0 Å². The molecule has 2 aromatic rings. The Morgan fingerprint density at radius 1 is 1.00 bits per heavy atom. The summed E-state index contributed by atoms with van der Waals surface area (Å²) in [6.45, 7) is 1.67. The first-order valence-corrected chi connectivity index (χ1v) is 7.36. The van der Waals surface area contributed by atoms with E-state index in [-0.39, 0.29) is 0 Å². The summed E-state index contributed by atoms with van der Waals surface area (Å²) in [6, 6.07) is 19.1. The van der Waals surface area contributed by atoms with Crippen molar-refractivity contribution in [3.8, 4) is 0 Å². The molecule has 3 rings (SSSR count). The third-order valence-electron chi connectivity index (χ3n) is 3.58. The van der Waals surface area contributed by atoms with E-state index in [2.05, 4.69) is 70.1 Å². The van der Waals surface area contributed by atoms with Crippen LogP contribution in [0.1, 0.15) is 17.5 Å². The van der Waals surface area contributed by atoms with Gasteiger partial charge in [0.15, 0.2) is 0 Å². The molecule has 0 radical (unpaired) electrons. The second-order valence-electron chi connectivity index (χ2n) is 5.17. The van der Waals surface area contributed by atoms with E-state index >= 15 is 0 Å². The summed E-state index contributed by atoms with van der Waals surface area (Å²) in [7, 11) is 0. The van der Waals surface area contributed by atoms with Crippen LogP contribution in [0.25, 0.3) is 5.57 Å². The first-order chi connectivity index (χ1) is 10.4. The normalized spacial score (nSPS) is 13.2. The maximum atomic E-state index is 3.99. The molecule has 3 nitrogen and oxygen atoms in total. The second kappa shape index (κ2) is 6.84. The van der Waals surface area contributed by atoms with Crippen molar-refractivity contribution in [2.45, 2.75) is 12.8 Å². The van der Waals surface area contributed by atoms with Gasteiger partial charge >= 0.3 is 0 Å². The van der Waals surface area contributed by atoms with Crippen molar-refractivity contribution in [1.82, 2.24) is 0 Å². The van der Waals surface area contributed by atoms with Crippen molar-refractivity contribution in [2.24, 2.45) is 10.2 Å². The van der Waals surface area contributed by atoms with Crippen molar-refractivity contribution in [2.75, 3.05) is 18.4 Å². The first-order valence-electron chi connectivity index (χ1n) is 7.36. The van der Waals surface area contributed by atoms with Gasteiger partial charge in [0.2, 0.25) is 0 Å². The van der Waals surface area contributed by atoms with Gasteiger partial charge in [-0.15, -0.1) is 0 Å². The van der Waals surface area contributed by atoms with E-state index in [1.807, 2.05) is 6.20 Å². The Morgan fingerprint density at radius 3 is 2.71 bits per heavy atom. The van der Waals surface area contributed by atoms with Crippen LogP contribution >= 0.6 is 0 Å². The Labute approximate surface area is 125 Å². The van der Waals surface area contributed by atoms with Crippen LogP contribution in [-0.2, 0) is 6.42 Å².